The predicted octanol–water partition coefficient (Wildman–Crippen LogP) is 3.29. The van der Waals surface area contributed by atoms with Crippen LogP contribution in [0.3, 0.4) is 0 Å². The van der Waals surface area contributed by atoms with E-state index in [1.165, 1.54) is 0 Å². The minimum atomic E-state index is -1.12. The highest BCUT2D eigenvalue weighted by atomic mass is 28.3. The van der Waals surface area contributed by atoms with Gasteiger partial charge in [0.15, 0.2) is 18.3 Å². The maximum atomic E-state index is 6.26. The zero-order chi connectivity index (χ0) is 20.1. The Morgan fingerprint density at radius 1 is 1.04 bits per heavy atom. The number of fused-ring (bicyclic) bond motifs is 1. The molecule has 2 aliphatic rings. The summed E-state index contributed by atoms with van der Waals surface area (Å²) in [7, 11) is 2.11. The molecule has 1 saturated carbocycles. The molecule has 8 heteroatoms. The lowest BCUT2D eigenvalue weighted by Gasteiger charge is -2.21. The molecule has 0 aromatic heterocycles. The van der Waals surface area contributed by atoms with Crippen LogP contribution >= 0.6 is 0 Å². The van der Waals surface area contributed by atoms with E-state index in [0.29, 0.717) is 23.9 Å². The third-order valence-electron chi connectivity index (χ3n) is 4.88. The van der Waals surface area contributed by atoms with E-state index in [9.17, 15) is 0 Å². The summed E-state index contributed by atoms with van der Waals surface area (Å²) in [6.45, 7) is 8.11. The van der Waals surface area contributed by atoms with Gasteiger partial charge < -0.3 is 33.2 Å². The molecule has 1 aliphatic carbocycles. The Morgan fingerprint density at radius 3 is 2.50 bits per heavy atom. The average molecular weight is 413 g/mol. The summed E-state index contributed by atoms with van der Waals surface area (Å²) >= 11 is 0. The van der Waals surface area contributed by atoms with Crippen molar-refractivity contribution in [3.63, 3.8) is 0 Å². The standard InChI is InChI=1S/C20H32O7Si/c1-21-12-24-16-11-17(20-19(16)27-20)26-18-14(22-2)7-6-8-15(18)25-13-23-9-10-28(3,4)5/h6-8,16-17,19-20H,9-13H2,1-5H3/t16-,17+,19+,20-/m0/s1. The number of benzene rings is 1. The van der Waals surface area contributed by atoms with Crippen molar-refractivity contribution < 1.29 is 33.2 Å². The van der Waals surface area contributed by atoms with E-state index in [4.69, 9.17) is 33.2 Å². The van der Waals surface area contributed by atoms with Gasteiger partial charge in [-0.1, -0.05) is 25.7 Å². The third-order valence-corrected chi connectivity index (χ3v) is 6.59. The van der Waals surface area contributed by atoms with Gasteiger partial charge in [0.05, 0.1) is 13.2 Å². The van der Waals surface area contributed by atoms with Gasteiger partial charge in [-0.2, -0.15) is 0 Å². The van der Waals surface area contributed by atoms with Gasteiger partial charge in [0.2, 0.25) is 5.75 Å². The minimum Gasteiger partial charge on any atom is -0.493 e. The Labute approximate surface area is 168 Å². The first-order valence-electron chi connectivity index (χ1n) is 9.73. The predicted molar refractivity (Wildman–Crippen MR) is 107 cm³/mol. The van der Waals surface area contributed by atoms with Crippen LogP contribution < -0.4 is 14.2 Å². The lowest BCUT2D eigenvalue weighted by atomic mass is 10.2. The number of para-hydroxylation sites is 1. The quantitative estimate of drug-likeness (QED) is 0.226. The fourth-order valence-corrected chi connectivity index (χ4v) is 4.00. The van der Waals surface area contributed by atoms with E-state index in [1.807, 2.05) is 18.2 Å². The number of hydrogen-bond donors (Lipinski definition) is 0. The second-order valence-electron chi connectivity index (χ2n) is 8.34. The van der Waals surface area contributed by atoms with Crippen LogP contribution in [0.5, 0.6) is 17.2 Å². The molecular formula is C20H32O7Si. The zero-order valence-electron chi connectivity index (χ0n) is 17.4. The van der Waals surface area contributed by atoms with Crippen molar-refractivity contribution in [2.24, 2.45) is 0 Å². The molecule has 0 radical (unpaired) electrons. The van der Waals surface area contributed by atoms with Crippen LogP contribution in [0.1, 0.15) is 6.42 Å². The molecule has 0 amide bonds. The molecule has 3 rings (SSSR count). The highest BCUT2D eigenvalue weighted by molar-refractivity contribution is 6.76. The van der Waals surface area contributed by atoms with Gasteiger partial charge >= 0.3 is 0 Å². The monoisotopic (exact) mass is 412 g/mol. The second kappa shape index (κ2) is 9.45. The van der Waals surface area contributed by atoms with Crippen molar-refractivity contribution in [1.82, 2.24) is 0 Å². The molecule has 28 heavy (non-hydrogen) atoms. The summed E-state index contributed by atoms with van der Waals surface area (Å²) in [5.74, 6) is 1.80. The fraction of sp³-hybridized carbons (Fsp3) is 0.700. The fourth-order valence-electron chi connectivity index (χ4n) is 3.25. The third kappa shape index (κ3) is 5.61. The maximum absolute atomic E-state index is 6.26. The van der Waals surface area contributed by atoms with Gasteiger partial charge in [0.1, 0.15) is 25.1 Å². The van der Waals surface area contributed by atoms with Crippen molar-refractivity contribution in [1.29, 1.82) is 0 Å². The van der Waals surface area contributed by atoms with E-state index in [-0.39, 0.29) is 38.0 Å². The van der Waals surface area contributed by atoms with Gasteiger partial charge in [-0.15, -0.1) is 0 Å². The van der Waals surface area contributed by atoms with Gasteiger partial charge in [-0.3, -0.25) is 0 Å². The van der Waals surface area contributed by atoms with E-state index >= 15 is 0 Å². The van der Waals surface area contributed by atoms with Gasteiger partial charge in [0.25, 0.3) is 0 Å². The van der Waals surface area contributed by atoms with Crippen molar-refractivity contribution >= 4 is 8.07 Å². The van der Waals surface area contributed by atoms with E-state index in [0.717, 1.165) is 12.5 Å². The summed E-state index contributed by atoms with van der Waals surface area (Å²) in [6.07, 6.45) is 0.720. The lowest BCUT2D eigenvalue weighted by Crippen LogP contribution is -2.24. The molecule has 0 spiro atoms. The molecule has 0 N–H and O–H groups in total. The molecule has 4 atom stereocenters. The van der Waals surface area contributed by atoms with Crippen molar-refractivity contribution in [2.75, 3.05) is 34.4 Å². The summed E-state index contributed by atoms with van der Waals surface area (Å²) in [6, 6.07) is 6.69. The Kier molecular flexibility index (Phi) is 7.22. The van der Waals surface area contributed by atoms with E-state index < -0.39 is 8.07 Å². The van der Waals surface area contributed by atoms with Crippen LogP contribution in [-0.2, 0) is 18.9 Å². The normalized spacial score (nSPS) is 26.0. The van der Waals surface area contributed by atoms with Crippen LogP contribution in [0.4, 0.5) is 0 Å². The Balaban J connectivity index is 1.58. The van der Waals surface area contributed by atoms with Gasteiger partial charge in [-0.05, 0) is 18.2 Å². The first-order chi connectivity index (χ1) is 13.4. The molecule has 1 heterocycles. The minimum absolute atomic E-state index is 0.0149. The summed E-state index contributed by atoms with van der Waals surface area (Å²) in [4.78, 5) is 0. The Morgan fingerprint density at radius 2 is 1.79 bits per heavy atom. The number of methoxy groups -OCH3 is 2. The summed E-state index contributed by atoms with van der Waals surface area (Å²) in [5.41, 5.74) is 0. The van der Waals surface area contributed by atoms with Crippen molar-refractivity contribution in [3.8, 4) is 17.2 Å². The molecule has 2 fully saturated rings. The average Bonchev–Trinajstić information content (AvgIpc) is 3.38. The molecular weight excluding hydrogens is 380 g/mol. The summed E-state index contributed by atoms with van der Waals surface area (Å²) < 4.78 is 39.6. The highest BCUT2D eigenvalue weighted by Crippen LogP contribution is 2.46. The maximum Gasteiger partial charge on any atom is 0.204 e. The topological polar surface area (TPSA) is 67.9 Å². The molecule has 1 aromatic rings. The molecule has 0 bridgehead atoms. The largest absolute Gasteiger partial charge is 0.493 e. The first kappa shape index (κ1) is 21.4. The van der Waals surface area contributed by atoms with Gasteiger partial charge in [-0.25, -0.2) is 0 Å². The number of hydrogen-bond acceptors (Lipinski definition) is 7. The zero-order valence-corrected chi connectivity index (χ0v) is 18.4. The molecule has 1 saturated heterocycles. The summed E-state index contributed by atoms with van der Waals surface area (Å²) in [5, 5.41) is 0. The van der Waals surface area contributed by atoms with E-state index in [1.54, 1.807) is 14.2 Å². The van der Waals surface area contributed by atoms with E-state index in [2.05, 4.69) is 19.6 Å². The first-order valence-corrected chi connectivity index (χ1v) is 13.4. The molecule has 158 valence electrons. The van der Waals surface area contributed by atoms with Crippen molar-refractivity contribution in [2.45, 2.75) is 56.5 Å². The number of rotatable bonds is 12. The number of ether oxygens (including phenoxy) is 7. The Bertz CT molecular complexity index is 633. The van der Waals surface area contributed by atoms with Crippen LogP contribution in [-0.4, -0.2) is 66.9 Å². The second-order valence-corrected chi connectivity index (χ2v) is 14.0. The van der Waals surface area contributed by atoms with Crippen LogP contribution in [0.25, 0.3) is 0 Å². The molecule has 1 aliphatic heterocycles. The lowest BCUT2D eigenvalue weighted by molar-refractivity contribution is -0.0882. The van der Waals surface area contributed by atoms with Crippen LogP contribution in [0, 0.1) is 0 Å². The SMILES string of the molecule is COCO[C@H]1C[C@@H](Oc2c(OC)cccc2OCOCC[Si](C)(C)C)[C@@H]2O[C@@H]21. The molecule has 0 unspecified atom stereocenters. The smallest absolute Gasteiger partial charge is 0.204 e. The van der Waals surface area contributed by atoms with Gasteiger partial charge in [0, 0.05) is 28.2 Å². The van der Waals surface area contributed by atoms with Crippen molar-refractivity contribution in [3.05, 3.63) is 18.2 Å². The molecule has 7 nitrogen and oxygen atoms in total. The highest BCUT2D eigenvalue weighted by Gasteiger charge is 2.59. The van der Waals surface area contributed by atoms with Crippen LogP contribution in [0.15, 0.2) is 18.2 Å². The van der Waals surface area contributed by atoms with Crippen LogP contribution in [0.2, 0.25) is 25.7 Å². The number of epoxide rings is 1. The molecule has 1 aromatic carbocycles. The Hall–Kier alpha value is -1.32.